The van der Waals surface area contributed by atoms with Crippen LogP contribution in [0.5, 0.6) is 0 Å². The number of hydrogen-bond donors (Lipinski definition) is 0. The minimum atomic E-state index is -3.90. The lowest BCUT2D eigenvalue weighted by molar-refractivity contribution is 0.0853. The van der Waals surface area contributed by atoms with Gasteiger partial charge >= 0.3 is 15.4 Å². The molecule has 0 aliphatic rings. The smallest absolute Gasteiger partial charge is 0.407 e. The van der Waals surface area contributed by atoms with E-state index in [9.17, 15) is 9.13 Å². The van der Waals surface area contributed by atoms with Gasteiger partial charge in [0, 0.05) is 6.61 Å². The van der Waals surface area contributed by atoms with Gasteiger partial charge in [-0.05, 0) is 55.9 Å². The Balaban J connectivity index is 1.90. The zero-order valence-corrected chi connectivity index (χ0v) is 31.5. The second-order valence-corrected chi connectivity index (χ2v) is 20.1. The van der Waals surface area contributed by atoms with Crippen molar-refractivity contribution in [3.05, 3.63) is 60.7 Å². The Bertz CT molecular complexity index is 1100. The molecule has 2 rings (SSSR count). The lowest BCUT2D eigenvalue weighted by Crippen LogP contribution is -2.66. The molecule has 0 radical (unpaired) electrons. The predicted molar refractivity (Wildman–Crippen MR) is 187 cm³/mol. The Hall–Kier alpha value is -1.12. The molecule has 1 unspecified atom stereocenters. The maximum atomic E-state index is 13.6. The molecule has 0 aliphatic carbocycles. The Labute approximate surface area is 274 Å². The summed E-state index contributed by atoms with van der Waals surface area (Å²) >= 11 is 0. The third-order valence-electron chi connectivity index (χ3n) is 7.63. The molecule has 256 valence electrons. The third-order valence-corrected chi connectivity index (χ3v) is 16.8. The molecule has 0 aromatic heterocycles. The Morgan fingerprint density at radius 3 is 1.47 bits per heavy atom. The third kappa shape index (κ3) is 12.1. The molecular weight excluding hydrogens is 626 g/mol. The summed E-state index contributed by atoms with van der Waals surface area (Å²) in [6, 6.07) is 21.5. The van der Waals surface area contributed by atoms with Crippen LogP contribution in [0.3, 0.4) is 0 Å². The molecule has 2 aromatic rings. The molecule has 0 saturated heterocycles. The van der Waals surface area contributed by atoms with Crippen LogP contribution >= 0.6 is 15.4 Å². The standard InChI is InChI=1S/C34H58O8P2Si/c1-8-37-43(35,38-9-2)33(42-44(36,39-10-3)40-11-4)29-23-15-13-12-14-16-24-30-41-45(34(5,6)7,31-25-19-17-20-26-31)32-27-21-18-22-28-32/h17-22,25-28,33H,8-16,23-24,29-30H2,1-7H3. The summed E-state index contributed by atoms with van der Waals surface area (Å²) in [7, 11) is -10.1. The van der Waals surface area contributed by atoms with Gasteiger partial charge in [-0.3, -0.25) is 18.1 Å². The van der Waals surface area contributed by atoms with Crippen LogP contribution in [0.4, 0.5) is 0 Å². The summed E-state index contributed by atoms with van der Waals surface area (Å²) in [5.74, 6) is -1.03. The first-order chi connectivity index (χ1) is 21.5. The van der Waals surface area contributed by atoms with Gasteiger partial charge in [0.25, 0.3) is 8.32 Å². The number of benzene rings is 2. The van der Waals surface area contributed by atoms with Gasteiger partial charge in [0.2, 0.25) is 0 Å². The maximum Gasteiger partial charge on any atom is 0.475 e. The molecule has 2 aromatic carbocycles. The van der Waals surface area contributed by atoms with Crippen molar-refractivity contribution in [3.8, 4) is 0 Å². The highest BCUT2D eigenvalue weighted by molar-refractivity contribution is 7.56. The zero-order chi connectivity index (χ0) is 33.2. The minimum absolute atomic E-state index is 0.0232. The van der Waals surface area contributed by atoms with Crippen LogP contribution in [-0.4, -0.2) is 47.2 Å². The Morgan fingerprint density at radius 2 is 1.04 bits per heavy atom. The molecule has 0 aliphatic heterocycles. The van der Waals surface area contributed by atoms with Gasteiger partial charge in [-0.1, -0.05) is 120 Å². The van der Waals surface area contributed by atoms with Crippen LogP contribution in [0.1, 0.15) is 99.8 Å². The molecule has 0 fully saturated rings. The number of rotatable bonds is 24. The molecule has 0 bridgehead atoms. The fraction of sp³-hybridized carbons (Fsp3) is 0.647. The van der Waals surface area contributed by atoms with Crippen LogP contribution in [0.2, 0.25) is 5.04 Å². The van der Waals surface area contributed by atoms with Crippen molar-refractivity contribution >= 4 is 34.1 Å². The first-order valence-corrected chi connectivity index (χ1v) is 21.7. The minimum Gasteiger partial charge on any atom is -0.407 e. The van der Waals surface area contributed by atoms with Gasteiger partial charge < -0.3 is 13.5 Å². The van der Waals surface area contributed by atoms with Gasteiger partial charge in [0.15, 0.2) is 5.85 Å². The molecule has 1 atom stereocenters. The van der Waals surface area contributed by atoms with Crippen molar-refractivity contribution < 1.29 is 36.2 Å². The SMILES string of the molecule is CCOP(=O)(OCC)OC(CCCCCCCCCO[Si](c1ccccc1)(c1ccccc1)C(C)(C)C)P(=O)(OCC)OCC. The molecule has 0 N–H and O–H groups in total. The van der Waals surface area contributed by atoms with Gasteiger partial charge in [-0.25, -0.2) is 4.57 Å². The molecule has 0 heterocycles. The van der Waals surface area contributed by atoms with Gasteiger partial charge in [-0.2, -0.15) is 0 Å². The second-order valence-electron chi connectivity index (χ2n) is 12.0. The van der Waals surface area contributed by atoms with E-state index in [1.54, 1.807) is 27.7 Å². The molecular formula is C34H58O8P2Si. The quantitative estimate of drug-likeness (QED) is 0.0614. The van der Waals surface area contributed by atoms with E-state index in [-0.39, 0.29) is 31.5 Å². The van der Waals surface area contributed by atoms with Crippen molar-refractivity contribution in [1.29, 1.82) is 0 Å². The highest BCUT2D eigenvalue weighted by Gasteiger charge is 2.50. The summed E-state index contributed by atoms with van der Waals surface area (Å²) in [6.07, 6.45) is 7.36. The first kappa shape index (κ1) is 40.1. The topological polar surface area (TPSA) is 89.5 Å². The fourth-order valence-electron chi connectivity index (χ4n) is 5.69. The van der Waals surface area contributed by atoms with Crippen molar-refractivity contribution in [2.75, 3.05) is 33.0 Å². The highest BCUT2D eigenvalue weighted by Crippen LogP contribution is 2.62. The summed E-state index contributed by atoms with van der Waals surface area (Å²) in [5, 5.41) is 2.59. The van der Waals surface area contributed by atoms with E-state index in [0.29, 0.717) is 6.42 Å². The van der Waals surface area contributed by atoms with E-state index in [1.807, 2.05) is 0 Å². The molecule has 0 amide bonds. The molecule has 11 heteroatoms. The fourth-order valence-corrected chi connectivity index (χ4v) is 14.0. The van der Waals surface area contributed by atoms with Crippen LogP contribution in [-0.2, 0) is 36.2 Å². The van der Waals surface area contributed by atoms with Crippen molar-refractivity contribution in [3.63, 3.8) is 0 Å². The largest absolute Gasteiger partial charge is 0.475 e. The van der Waals surface area contributed by atoms with Gasteiger partial charge in [-0.15, -0.1) is 0 Å². The van der Waals surface area contributed by atoms with Crippen molar-refractivity contribution in [2.45, 2.75) is 111 Å². The average Bonchev–Trinajstić information content (AvgIpc) is 3.00. The highest BCUT2D eigenvalue weighted by atomic mass is 31.2. The number of phosphoric acid groups is 1. The van der Waals surface area contributed by atoms with E-state index in [0.717, 1.165) is 51.6 Å². The molecule has 8 nitrogen and oxygen atoms in total. The normalized spacial score (nSPS) is 13.7. The van der Waals surface area contributed by atoms with Gasteiger partial charge in [0.05, 0.1) is 26.4 Å². The van der Waals surface area contributed by atoms with Crippen molar-refractivity contribution in [1.82, 2.24) is 0 Å². The molecule has 45 heavy (non-hydrogen) atoms. The lowest BCUT2D eigenvalue weighted by atomic mass is 10.1. The van der Waals surface area contributed by atoms with Gasteiger partial charge in [0.1, 0.15) is 0 Å². The average molecular weight is 685 g/mol. The first-order valence-electron chi connectivity index (χ1n) is 16.7. The number of phosphoric ester groups is 1. The van der Waals surface area contributed by atoms with E-state index in [2.05, 4.69) is 81.4 Å². The van der Waals surface area contributed by atoms with E-state index in [1.165, 1.54) is 10.4 Å². The van der Waals surface area contributed by atoms with Crippen LogP contribution < -0.4 is 10.4 Å². The van der Waals surface area contributed by atoms with Crippen LogP contribution in [0.25, 0.3) is 0 Å². The summed E-state index contributed by atoms with van der Waals surface area (Å²) in [6.45, 7) is 15.2. The summed E-state index contributed by atoms with van der Waals surface area (Å²) in [5.41, 5.74) is 0. The predicted octanol–water partition coefficient (Wildman–Crippen LogP) is 9.47. The Morgan fingerprint density at radius 1 is 0.622 bits per heavy atom. The summed E-state index contributed by atoms with van der Waals surface area (Å²) in [4.78, 5) is 0. The lowest BCUT2D eigenvalue weighted by Gasteiger charge is -2.43. The number of unbranched alkanes of at least 4 members (excludes halogenated alkanes) is 6. The van der Waals surface area contributed by atoms with E-state index in [4.69, 9.17) is 27.0 Å². The molecule has 0 spiro atoms. The Kier molecular flexibility index (Phi) is 18.1. The maximum absolute atomic E-state index is 13.6. The molecule has 0 saturated carbocycles. The summed E-state index contributed by atoms with van der Waals surface area (Å²) < 4.78 is 61.1. The zero-order valence-electron chi connectivity index (χ0n) is 28.7. The monoisotopic (exact) mass is 684 g/mol. The van der Waals surface area contributed by atoms with E-state index < -0.39 is 29.6 Å². The van der Waals surface area contributed by atoms with Crippen molar-refractivity contribution in [2.24, 2.45) is 0 Å². The van der Waals surface area contributed by atoms with Crippen LogP contribution in [0.15, 0.2) is 60.7 Å². The second kappa shape index (κ2) is 20.3. The van der Waals surface area contributed by atoms with Crippen LogP contribution in [0, 0.1) is 0 Å². The van der Waals surface area contributed by atoms with E-state index >= 15 is 0 Å². The number of hydrogen-bond acceptors (Lipinski definition) is 8.